The third-order valence-corrected chi connectivity index (χ3v) is 7.07. The number of hydrogen-bond acceptors (Lipinski definition) is 7. The Hall–Kier alpha value is -3.89. The molecule has 0 amide bonds. The molecular formula is C25H18N4O2S. The minimum atomic E-state index is -0.445. The van der Waals surface area contributed by atoms with E-state index in [1.54, 1.807) is 17.6 Å². The number of para-hydroxylation sites is 1. The Labute approximate surface area is 188 Å². The summed E-state index contributed by atoms with van der Waals surface area (Å²) < 4.78 is 5.66. The van der Waals surface area contributed by atoms with Crippen LogP contribution in [-0.2, 0) is 4.79 Å². The number of rotatable bonds is 2. The van der Waals surface area contributed by atoms with Crippen molar-refractivity contribution < 1.29 is 9.21 Å². The highest BCUT2D eigenvalue weighted by Crippen LogP contribution is 2.51. The number of furan rings is 1. The van der Waals surface area contributed by atoms with Gasteiger partial charge in [0, 0.05) is 29.2 Å². The van der Waals surface area contributed by atoms with Crippen LogP contribution < -0.4 is 10.6 Å². The Kier molecular flexibility index (Phi) is 4.17. The zero-order valence-electron chi connectivity index (χ0n) is 17.0. The largest absolute Gasteiger partial charge is 0.469 e. The van der Waals surface area contributed by atoms with E-state index in [2.05, 4.69) is 11.1 Å². The number of nitrogens with zero attached hydrogens (tertiary/aromatic N) is 3. The quantitative estimate of drug-likeness (QED) is 0.620. The fourth-order valence-corrected chi connectivity index (χ4v) is 5.70. The molecule has 0 saturated heterocycles. The van der Waals surface area contributed by atoms with Gasteiger partial charge in [-0.25, -0.2) is 4.99 Å². The van der Waals surface area contributed by atoms with Gasteiger partial charge in [0.25, 0.3) is 0 Å². The van der Waals surface area contributed by atoms with E-state index in [0.717, 1.165) is 28.3 Å². The fraction of sp³-hybridized carbons (Fsp3) is 0.160. The van der Waals surface area contributed by atoms with Gasteiger partial charge in [0.15, 0.2) is 11.6 Å². The normalized spacial score (nSPS) is 22.2. The topological polar surface area (TPSA) is 95.6 Å². The predicted molar refractivity (Wildman–Crippen MR) is 122 cm³/mol. The molecular weight excluding hydrogens is 420 g/mol. The van der Waals surface area contributed by atoms with Gasteiger partial charge in [0.1, 0.15) is 11.6 Å². The van der Waals surface area contributed by atoms with Gasteiger partial charge >= 0.3 is 0 Å². The molecule has 0 radical (unpaired) electrons. The molecule has 2 N–H and O–H groups in total. The third-order valence-electron chi connectivity index (χ3n) is 6.37. The lowest BCUT2D eigenvalue weighted by Gasteiger charge is -2.42. The summed E-state index contributed by atoms with van der Waals surface area (Å²) in [6, 6.07) is 15.8. The summed E-state index contributed by atoms with van der Waals surface area (Å²) in [4.78, 5) is 20.3. The molecule has 4 heterocycles. The summed E-state index contributed by atoms with van der Waals surface area (Å²) >= 11 is 1.55. The maximum Gasteiger partial charge on any atom is 0.162 e. The molecule has 0 unspecified atom stereocenters. The third kappa shape index (κ3) is 2.63. The molecule has 3 aliphatic rings. The van der Waals surface area contributed by atoms with Crippen LogP contribution in [0.15, 0.2) is 91.6 Å². The van der Waals surface area contributed by atoms with Crippen LogP contribution in [0.4, 0.5) is 5.69 Å². The van der Waals surface area contributed by atoms with E-state index < -0.39 is 5.92 Å². The van der Waals surface area contributed by atoms with E-state index in [4.69, 9.17) is 10.2 Å². The van der Waals surface area contributed by atoms with E-state index in [1.807, 2.05) is 58.1 Å². The average molecular weight is 439 g/mol. The van der Waals surface area contributed by atoms with E-state index in [9.17, 15) is 10.1 Å². The highest BCUT2D eigenvalue weighted by molar-refractivity contribution is 7.08. The number of fused-ring (bicyclic) bond motifs is 4. The van der Waals surface area contributed by atoms with Crippen molar-refractivity contribution in [1.29, 1.82) is 5.26 Å². The molecule has 0 saturated carbocycles. The Morgan fingerprint density at radius 1 is 1.19 bits per heavy atom. The summed E-state index contributed by atoms with van der Waals surface area (Å²) in [7, 11) is 0. The molecule has 6 nitrogen and oxygen atoms in total. The number of benzene rings is 1. The molecule has 2 atom stereocenters. The number of nitriles is 1. The molecule has 7 heteroatoms. The van der Waals surface area contributed by atoms with Crippen molar-refractivity contribution in [3.8, 4) is 6.07 Å². The number of ketones is 1. The average Bonchev–Trinajstić information content (AvgIpc) is 3.52. The van der Waals surface area contributed by atoms with Crippen LogP contribution in [0.5, 0.6) is 0 Å². The van der Waals surface area contributed by atoms with Crippen LogP contribution in [0.2, 0.25) is 0 Å². The van der Waals surface area contributed by atoms with E-state index in [1.165, 1.54) is 0 Å². The number of amidine groups is 1. The second-order valence-corrected chi connectivity index (χ2v) is 8.87. The Balaban J connectivity index is 1.63. The SMILES string of the molecule is N#CC1=C2N=C(N)c3ccccc3N2C2=C(C(=O)C[C@@H](c3ccco3)C2)[C@@H]1c1ccsc1. The molecule has 156 valence electrons. The molecule has 0 fully saturated rings. The number of nitrogens with two attached hydrogens (primary N) is 1. The Morgan fingerprint density at radius 3 is 2.81 bits per heavy atom. The van der Waals surface area contributed by atoms with Crippen molar-refractivity contribution in [3.63, 3.8) is 0 Å². The summed E-state index contributed by atoms with van der Waals surface area (Å²) in [5.41, 5.74) is 10.9. The van der Waals surface area contributed by atoms with Crippen LogP contribution >= 0.6 is 11.3 Å². The molecule has 32 heavy (non-hydrogen) atoms. The van der Waals surface area contributed by atoms with Crippen molar-refractivity contribution >= 4 is 28.6 Å². The number of Topliss-reactive ketones (excluding diaryl/α,β-unsaturated/α-hetero) is 1. The van der Waals surface area contributed by atoms with Gasteiger partial charge in [-0.2, -0.15) is 16.6 Å². The van der Waals surface area contributed by atoms with E-state index >= 15 is 0 Å². The monoisotopic (exact) mass is 438 g/mol. The maximum absolute atomic E-state index is 13.6. The highest BCUT2D eigenvalue weighted by Gasteiger charge is 2.45. The summed E-state index contributed by atoms with van der Waals surface area (Å²) in [6.45, 7) is 0. The van der Waals surface area contributed by atoms with Crippen LogP contribution in [0.25, 0.3) is 0 Å². The van der Waals surface area contributed by atoms with Gasteiger partial charge in [-0.3, -0.25) is 9.69 Å². The van der Waals surface area contributed by atoms with E-state index in [0.29, 0.717) is 35.6 Å². The van der Waals surface area contributed by atoms with Crippen LogP contribution in [-0.4, -0.2) is 11.6 Å². The Morgan fingerprint density at radius 2 is 2.06 bits per heavy atom. The smallest absolute Gasteiger partial charge is 0.162 e. The molecule has 1 aromatic carbocycles. The summed E-state index contributed by atoms with van der Waals surface area (Å²) in [5, 5.41) is 14.2. The van der Waals surface area contributed by atoms with Gasteiger partial charge in [0.2, 0.25) is 0 Å². The van der Waals surface area contributed by atoms with Gasteiger partial charge in [0.05, 0.1) is 29.5 Å². The summed E-state index contributed by atoms with van der Waals surface area (Å²) in [5.74, 6) is 1.19. The second-order valence-electron chi connectivity index (χ2n) is 8.09. The van der Waals surface area contributed by atoms with Gasteiger partial charge in [-0.1, -0.05) is 12.1 Å². The van der Waals surface area contributed by atoms with E-state index in [-0.39, 0.29) is 11.7 Å². The van der Waals surface area contributed by atoms with Crippen LogP contribution in [0, 0.1) is 11.3 Å². The lowest BCUT2D eigenvalue weighted by atomic mass is 9.73. The predicted octanol–water partition coefficient (Wildman–Crippen LogP) is 4.80. The minimum Gasteiger partial charge on any atom is -0.469 e. The van der Waals surface area contributed by atoms with Crippen LogP contribution in [0.3, 0.4) is 0 Å². The number of hydrogen-bond donors (Lipinski definition) is 1. The number of thiophene rings is 1. The highest BCUT2D eigenvalue weighted by atomic mass is 32.1. The van der Waals surface area contributed by atoms with Crippen molar-refractivity contribution in [2.45, 2.75) is 24.7 Å². The zero-order chi connectivity index (χ0) is 21.8. The lowest BCUT2D eigenvalue weighted by Crippen LogP contribution is -2.40. The minimum absolute atomic E-state index is 0.0376. The first-order valence-corrected chi connectivity index (χ1v) is 11.3. The number of aliphatic imine (C=N–C) groups is 1. The van der Waals surface area contributed by atoms with Crippen molar-refractivity contribution in [3.05, 3.63) is 99.0 Å². The molecule has 2 aromatic heterocycles. The van der Waals surface area contributed by atoms with Gasteiger partial charge in [-0.05, 0) is 53.1 Å². The molecule has 0 spiro atoms. The fourth-order valence-electron chi connectivity index (χ4n) is 5.01. The molecule has 1 aliphatic carbocycles. The molecule has 6 rings (SSSR count). The Bertz CT molecular complexity index is 1370. The zero-order valence-corrected chi connectivity index (χ0v) is 17.8. The van der Waals surface area contributed by atoms with Crippen molar-refractivity contribution in [1.82, 2.24) is 0 Å². The van der Waals surface area contributed by atoms with Gasteiger partial charge in [-0.15, -0.1) is 0 Å². The lowest BCUT2D eigenvalue weighted by molar-refractivity contribution is -0.116. The number of carbonyl (C=O) groups excluding carboxylic acids is 1. The molecule has 3 aromatic rings. The van der Waals surface area contributed by atoms with Crippen molar-refractivity contribution in [2.75, 3.05) is 4.90 Å². The van der Waals surface area contributed by atoms with Crippen molar-refractivity contribution in [2.24, 2.45) is 10.7 Å². The molecule has 0 bridgehead atoms. The molecule has 2 aliphatic heterocycles. The van der Waals surface area contributed by atoms with Gasteiger partial charge < -0.3 is 10.2 Å². The summed E-state index contributed by atoms with van der Waals surface area (Å²) in [6.07, 6.45) is 2.60. The second kappa shape index (κ2) is 7.08. The number of carbonyl (C=O) groups is 1. The van der Waals surface area contributed by atoms with Crippen LogP contribution in [0.1, 0.15) is 41.6 Å². The number of anilines is 1. The standard InChI is InChI=1S/C25H18N4O2S/c26-12-17-22(14-7-9-32-13-14)23-19(10-15(11-20(23)30)21-6-3-8-31-21)29-18-5-2-1-4-16(18)24(27)28-25(17)29/h1-9,13,15,22H,10-11H2,(H2,27,28)/t15-,22+/m0/s1. The first-order chi connectivity index (χ1) is 15.7. The first-order valence-electron chi connectivity index (χ1n) is 10.4. The first kappa shape index (κ1) is 18.8. The maximum atomic E-state index is 13.6. The number of allylic oxidation sites excluding steroid dienone is 3.